The fraction of sp³-hybridized carbons (Fsp3) is 0.409. The van der Waals surface area contributed by atoms with Gasteiger partial charge in [-0.25, -0.2) is 14.4 Å². The number of likely N-dealkylation sites (tertiary alicyclic amines) is 1. The minimum absolute atomic E-state index is 0.162. The van der Waals surface area contributed by atoms with E-state index in [1.807, 2.05) is 49.9 Å². The van der Waals surface area contributed by atoms with E-state index in [0.717, 1.165) is 48.4 Å². The van der Waals surface area contributed by atoms with Crippen LogP contribution in [0.2, 0.25) is 0 Å². The van der Waals surface area contributed by atoms with Gasteiger partial charge in [0.05, 0.1) is 17.4 Å². The SMILES string of the molecule is Cc1nn(C)cc1CN1CCC[C@@H]1c1nc(N(C)C)ncc1-c1cccc(F)c1. The number of rotatable bonds is 5. The molecule has 0 radical (unpaired) electrons. The zero-order valence-corrected chi connectivity index (χ0v) is 17.4. The van der Waals surface area contributed by atoms with E-state index in [9.17, 15) is 4.39 Å². The van der Waals surface area contributed by atoms with Crippen molar-refractivity contribution in [2.75, 3.05) is 25.5 Å². The van der Waals surface area contributed by atoms with E-state index in [0.29, 0.717) is 5.95 Å². The van der Waals surface area contributed by atoms with Crippen molar-refractivity contribution in [2.45, 2.75) is 32.4 Å². The Morgan fingerprint density at radius 2 is 2.10 bits per heavy atom. The van der Waals surface area contributed by atoms with Crippen molar-refractivity contribution in [2.24, 2.45) is 7.05 Å². The lowest BCUT2D eigenvalue weighted by Gasteiger charge is -2.26. The molecule has 0 N–H and O–H groups in total. The maximum atomic E-state index is 13.9. The van der Waals surface area contributed by atoms with E-state index in [1.54, 1.807) is 12.1 Å². The van der Waals surface area contributed by atoms with Crippen LogP contribution in [0.1, 0.15) is 35.8 Å². The van der Waals surface area contributed by atoms with Gasteiger partial charge in [0, 0.05) is 51.2 Å². The molecule has 0 amide bonds. The van der Waals surface area contributed by atoms with E-state index in [-0.39, 0.29) is 11.9 Å². The Labute approximate surface area is 171 Å². The minimum Gasteiger partial charge on any atom is -0.347 e. The standard InChI is InChI=1S/C22H27FN6/c1-15-17(13-28(4)26-15)14-29-10-6-9-20(29)21-19(12-24-22(25-21)27(2)3)16-7-5-8-18(23)11-16/h5,7-8,11-13,20H,6,9-10,14H2,1-4H3/t20-/m1/s1. The molecule has 0 unspecified atom stereocenters. The normalized spacial score (nSPS) is 17.1. The Balaban J connectivity index is 1.74. The third-order valence-electron chi connectivity index (χ3n) is 5.51. The van der Waals surface area contributed by atoms with Gasteiger partial charge < -0.3 is 4.90 Å². The minimum atomic E-state index is -0.251. The molecule has 1 fully saturated rings. The summed E-state index contributed by atoms with van der Waals surface area (Å²) in [4.78, 5) is 13.8. The van der Waals surface area contributed by atoms with Gasteiger partial charge in [-0.05, 0) is 44.0 Å². The van der Waals surface area contributed by atoms with Crippen LogP contribution in [0.3, 0.4) is 0 Å². The van der Waals surface area contributed by atoms with Gasteiger partial charge in [-0.3, -0.25) is 9.58 Å². The molecule has 1 aliphatic rings. The quantitative estimate of drug-likeness (QED) is 0.660. The van der Waals surface area contributed by atoms with Crippen molar-refractivity contribution in [3.8, 4) is 11.1 Å². The largest absolute Gasteiger partial charge is 0.347 e. The van der Waals surface area contributed by atoms with E-state index in [4.69, 9.17) is 4.98 Å². The second-order valence-electron chi connectivity index (χ2n) is 7.92. The second-order valence-corrected chi connectivity index (χ2v) is 7.92. The van der Waals surface area contributed by atoms with Crippen molar-refractivity contribution < 1.29 is 4.39 Å². The Morgan fingerprint density at radius 1 is 1.28 bits per heavy atom. The molecule has 0 aliphatic carbocycles. The predicted molar refractivity (Wildman–Crippen MR) is 112 cm³/mol. The van der Waals surface area contributed by atoms with Crippen LogP contribution in [0.4, 0.5) is 10.3 Å². The van der Waals surface area contributed by atoms with Crippen molar-refractivity contribution in [3.63, 3.8) is 0 Å². The van der Waals surface area contributed by atoms with Crippen LogP contribution in [-0.2, 0) is 13.6 Å². The summed E-state index contributed by atoms with van der Waals surface area (Å²) < 4.78 is 15.8. The van der Waals surface area contributed by atoms with E-state index in [2.05, 4.69) is 21.2 Å². The Morgan fingerprint density at radius 3 is 2.79 bits per heavy atom. The number of hydrogen-bond donors (Lipinski definition) is 0. The number of anilines is 1. The number of hydrogen-bond acceptors (Lipinski definition) is 5. The van der Waals surface area contributed by atoms with Crippen molar-refractivity contribution in [1.82, 2.24) is 24.6 Å². The van der Waals surface area contributed by atoms with Gasteiger partial charge in [-0.1, -0.05) is 12.1 Å². The summed E-state index contributed by atoms with van der Waals surface area (Å²) in [6.07, 6.45) is 6.04. The highest BCUT2D eigenvalue weighted by molar-refractivity contribution is 5.66. The zero-order valence-electron chi connectivity index (χ0n) is 17.4. The fourth-order valence-electron chi connectivity index (χ4n) is 4.08. The lowest BCUT2D eigenvalue weighted by Crippen LogP contribution is -2.25. The highest BCUT2D eigenvalue weighted by Gasteiger charge is 2.31. The Kier molecular flexibility index (Phi) is 5.32. The van der Waals surface area contributed by atoms with E-state index < -0.39 is 0 Å². The first kappa shape index (κ1) is 19.5. The van der Waals surface area contributed by atoms with Gasteiger partial charge in [-0.2, -0.15) is 5.10 Å². The summed E-state index contributed by atoms with van der Waals surface area (Å²) >= 11 is 0. The molecule has 1 atom stereocenters. The fourth-order valence-corrected chi connectivity index (χ4v) is 4.08. The van der Waals surface area contributed by atoms with Gasteiger partial charge >= 0.3 is 0 Å². The van der Waals surface area contributed by atoms with Gasteiger partial charge in [0.2, 0.25) is 5.95 Å². The summed E-state index contributed by atoms with van der Waals surface area (Å²) in [6.45, 7) is 3.88. The number of aryl methyl sites for hydroxylation is 2. The van der Waals surface area contributed by atoms with Crippen LogP contribution in [-0.4, -0.2) is 45.3 Å². The summed E-state index contributed by atoms with van der Waals surface area (Å²) in [5.74, 6) is 0.420. The Bertz CT molecular complexity index is 1010. The Hall–Kier alpha value is -2.80. The van der Waals surface area contributed by atoms with Crippen LogP contribution < -0.4 is 4.90 Å². The van der Waals surface area contributed by atoms with Crippen molar-refractivity contribution in [3.05, 3.63) is 59.4 Å². The molecule has 7 heteroatoms. The summed E-state index contributed by atoms with van der Waals surface area (Å²) in [6, 6.07) is 6.84. The molecular weight excluding hydrogens is 367 g/mol. The third kappa shape index (κ3) is 4.00. The van der Waals surface area contributed by atoms with Crippen LogP contribution in [0, 0.1) is 12.7 Å². The predicted octanol–water partition coefficient (Wildman–Crippen LogP) is 3.73. The highest BCUT2D eigenvalue weighted by Crippen LogP contribution is 2.38. The van der Waals surface area contributed by atoms with Crippen molar-refractivity contribution in [1.29, 1.82) is 0 Å². The number of aromatic nitrogens is 4. The van der Waals surface area contributed by atoms with Crippen LogP contribution in [0.15, 0.2) is 36.7 Å². The molecule has 0 spiro atoms. The monoisotopic (exact) mass is 394 g/mol. The molecule has 3 aromatic rings. The number of halogens is 1. The molecular formula is C22H27FN6. The van der Waals surface area contributed by atoms with Gasteiger partial charge in [0.25, 0.3) is 0 Å². The lowest BCUT2D eigenvalue weighted by molar-refractivity contribution is 0.244. The molecule has 2 aromatic heterocycles. The molecule has 1 saturated heterocycles. The molecule has 0 bridgehead atoms. The van der Waals surface area contributed by atoms with E-state index in [1.165, 1.54) is 11.6 Å². The number of benzene rings is 1. The molecule has 152 valence electrons. The lowest BCUT2D eigenvalue weighted by atomic mass is 9.99. The highest BCUT2D eigenvalue weighted by atomic mass is 19.1. The first-order valence-corrected chi connectivity index (χ1v) is 9.95. The summed E-state index contributed by atoms with van der Waals surface area (Å²) in [7, 11) is 5.83. The van der Waals surface area contributed by atoms with Crippen LogP contribution in [0.5, 0.6) is 0 Å². The van der Waals surface area contributed by atoms with Crippen LogP contribution in [0.25, 0.3) is 11.1 Å². The summed E-state index contributed by atoms with van der Waals surface area (Å²) in [5, 5.41) is 4.48. The first-order chi connectivity index (χ1) is 13.9. The molecule has 0 saturated carbocycles. The maximum Gasteiger partial charge on any atom is 0.225 e. The van der Waals surface area contributed by atoms with E-state index >= 15 is 0 Å². The second kappa shape index (κ2) is 7.91. The molecule has 6 nitrogen and oxygen atoms in total. The molecule has 29 heavy (non-hydrogen) atoms. The molecule has 1 aromatic carbocycles. The maximum absolute atomic E-state index is 13.9. The third-order valence-corrected chi connectivity index (χ3v) is 5.51. The first-order valence-electron chi connectivity index (χ1n) is 9.95. The smallest absolute Gasteiger partial charge is 0.225 e. The topological polar surface area (TPSA) is 50.1 Å². The van der Waals surface area contributed by atoms with Crippen molar-refractivity contribution >= 4 is 5.95 Å². The number of nitrogens with zero attached hydrogens (tertiary/aromatic N) is 6. The zero-order chi connectivity index (χ0) is 20.5. The van der Waals surface area contributed by atoms with Gasteiger partial charge in [-0.15, -0.1) is 0 Å². The summed E-state index contributed by atoms with van der Waals surface area (Å²) in [5.41, 5.74) is 4.96. The van der Waals surface area contributed by atoms with Gasteiger partial charge in [0.15, 0.2) is 0 Å². The molecule has 4 rings (SSSR count). The average Bonchev–Trinajstić information content (AvgIpc) is 3.27. The van der Waals surface area contributed by atoms with Gasteiger partial charge in [0.1, 0.15) is 5.82 Å². The average molecular weight is 394 g/mol. The van der Waals surface area contributed by atoms with Crippen LogP contribution >= 0.6 is 0 Å². The molecule has 1 aliphatic heterocycles. The molecule has 3 heterocycles.